The Labute approximate surface area is 112 Å². The van der Waals surface area contributed by atoms with Crippen molar-refractivity contribution in [3.05, 3.63) is 47.6 Å². The van der Waals surface area contributed by atoms with Crippen LogP contribution < -0.4 is 0 Å². The van der Waals surface area contributed by atoms with Crippen molar-refractivity contribution in [2.75, 3.05) is 0 Å². The van der Waals surface area contributed by atoms with Crippen LogP contribution in [-0.4, -0.2) is 15.2 Å². The van der Waals surface area contributed by atoms with Gasteiger partial charge in [-0.1, -0.05) is 48.8 Å². The summed E-state index contributed by atoms with van der Waals surface area (Å²) in [5, 5.41) is 14.4. The zero-order chi connectivity index (χ0) is 13.2. The zero-order valence-corrected chi connectivity index (χ0v) is 11.0. The second-order valence-corrected chi connectivity index (χ2v) is 5.26. The minimum absolute atomic E-state index is 0.191. The average Bonchev–Trinajstić information content (AvgIpc) is 2.85. The second-order valence-electron chi connectivity index (χ2n) is 5.26. The van der Waals surface area contributed by atoms with Crippen LogP contribution >= 0.6 is 0 Å². The Balaban J connectivity index is 1.75. The molecule has 1 saturated carbocycles. The fourth-order valence-electron chi connectivity index (χ4n) is 2.34. The maximum Gasteiger partial charge on any atom is 0.232 e. The molecule has 2 atom stereocenters. The number of hydrogen-bond acceptors (Lipinski definition) is 4. The van der Waals surface area contributed by atoms with Crippen molar-refractivity contribution in [2.45, 2.75) is 44.1 Å². The van der Waals surface area contributed by atoms with Gasteiger partial charge in [-0.05, 0) is 18.4 Å². The van der Waals surface area contributed by atoms with E-state index < -0.39 is 6.10 Å². The minimum atomic E-state index is -0.615. The predicted octanol–water partition coefficient (Wildman–Crippen LogP) is 3.17. The second kappa shape index (κ2) is 5.13. The fourth-order valence-corrected chi connectivity index (χ4v) is 2.34. The Hall–Kier alpha value is -1.68. The standard InChI is InChI=1S/C15H18N2O2/c1-10(13(18)11-6-3-2-4-7-11)15-16-14(17-19-15)12-8-5-9-12/h2-4,6-7,10,12-13,18H,5,8-9H2,1H3. The third-order valence-electron chi connectivity index (χ3n) is 3.93. The summed E-state index contributed by atoms with van der Waals surface area (Å²) in [4.78, 5) is 4.44. The van der Waals surface area contributed by atoms with Crippen LogP contribution in [0.2, 0.25) is 0 Å². The summed E-state index contributed by atoms with van der Waals surface area (Å²) < 4.78 is 5.30. The minimum Gasteiger partial charge on any atom is -0.388 e. The molecule has 3 rings (SSSR count). The number of aromatic nitrogens is 2. The smallest absolute Gasteiger partial charge is 0.232 e. The summed E-state index contributed by atoms with van der Waals surface area (Å²) >= 11 is 0. The van der Waals surface area contributed by atoms with Gasteiger partial charge in [-0.2, -0.15) is 4.98 Å². The molecule has 4 heteroatoms. The molecule has 1 N–H and O–H groups in total. The van der Waals surface area contributed by atoms with E-state index in [0.29, 0.717) is 11.8 Å². The van der Waals surface area contributed by atoms with Crippen molar-refractivity contribution in [2.24, 2.45) is 0 Å². The van der Waals surface area contributed by atoms with Crippen LogP contribution in [0.1, 0.15) is 61.4 Å². The van der Waals surface area contributed by atoms with Gasteiger partial charge in [-0.15, -0.1) is 0 Å². The number of nitrogens with zero attached hydrogens (tertiary/aromatic N) is 2. The number of rotatable bonds is 4. The molecule has 2 unspecified atom stereocenters. The molecule has 1 heterocycles. The third kappa shape index (κ3) is 2.40. The Morgan fingerprint density at radius 2 is 2.00 bits per heavy atom. The van der Waals surface area contributed by atoms with Crippen molar-refractivity contribution >= 4 is 0 Å². The lowest BCUT2D eigenvalue weighted by molar-refractivity contribution is 0.135. The van der Waals surface area contributed by atoms with E-state index in [1.54, 1.807) is 0 Å². The van der Waals surface area contributed by atoms with Crippen LogP contribution in [0.4, 0.5) is 0 Å². The molecule has 0 spiro atoms. The molecule has 4 nitrogen and oxygen atoms in total. The molecular weight excluding hydrogens is 240 g/mol. The number of benzene rings is 1. The summed E-state index contributed by atoms with van der Waals surface area (Å²) in [6.45, 7) is 1.91. The highest BCUT2D eigenvalue weighted by molar-refractivity contribution is 5.20. The molecule has 0 aliphatic heterocycles. The van der Waals surface area contributed by atoms with Crippen molar-refractivity contribution in [3.8, 4) is 0 Å². The molecule has 0 saturated heterocycles. The first-order valence-corrected chi connectivity index (χ1v) is 6.82. The summed E-state index contributed by atoms with van der Waals surface area (Å²) in [5.74, 6) is 1.59. The van der Waals surface area contributed by atoms with E-state index >= 15 is 0 Å². The first-order valence-electron chi connectivity index (χ1n) is 6.82. The topological polar surface area (TPSA) is 59.2 Å². The van der Waals surface area contributed by atoms with Gasteiger partial charge >= 0.3 is 0 Å². The maximum atomic E-state index is 10.3. The van der Waals surface area contributed by atoms with Gasteiger partial charge in [0.25, 0.3) is 0 Å². The van der Waals surface area contributed by atoms with Crippen molar-refractivity contribution in [3.63, 3.8) is 0 Å². The van der Waals surface area contributed by atoms with Crippen LogP contribution in [0, 0.1) is 0 Å². The fraction of sp³-hybridized carbons (Fsp3) is 0.467. The van der Waals surface area contributed by atoms with Crippen LogP contribution in [0.15, 0.2) is 34.9 Å². The quantitative estimate of drug-likeness (QED) is 0.915. The lowest BCUT2D eigenvalue weighted by Crippen LogP contribution is -2.11. The summed E-state index contributed by atoms with van der Waals surface area (Å²) in [5.41, 5.74) is 0.874. The summed E-state index contributed by atoms with van der Waals surface area (Å²) in [7, 11) is 0. The Kier molecular flexibility index (Phi) is 3.34. The number of aliphatic hydroxyl groups is 1. The highest BCUT2D eigenvalue weighted by atomic mass is 16.5. The molecule has 0 radical (unpaired) electrons. The normalized spacial score (nSPS) is 18.8. The van der Waals surface area contributed by atoms with Gasteiger partial charge in [-0.25, -0.2) is 0 Å². The molecule has 100 valence electrons. The first kappa shape index (κ1) is 12.4. The lowest BCUT2D eigenvalue weighted by Gasteiger charge is -2.21. The highest BCUT2D eigenvalue weighted by Gasteiger charge is 2.28. The Morgan fingerprint density at radius 1 is 1.26 bits per heavy atom. The molecule has 19 heavy (non-hydrogen) atoms. The molecular formula is C15H18N2O2. The van der Waals surface area contributed by atoms with E-state index in [1.807, 2.05) is 37.3 Å². The molecule has 1 fully saturated rings. The molecule has 1 aromatic heterocycles. The molecule has 2 aromatic rings. The van der Waals surface area contributed by atoms with Gasteiger partial charge in [0, 0.05) is 5.92 Å². The molecule has 1 aromatic carbocycles. The predicted molar refractivity (Wildman–Crippen MR) is 70.7 cm³/mol. The van der Waals surface area contributed by atoms with E-state index in [0.717, 1.165) is 24.2 Å². The highest BCUT2D eigenvalue weighted by Crippen LogP contribution is 2.36. The van der Waals surface area contributed by atoms with E-state index in [-0.39, 0.29) is 5.92 Å². The molecule has 0 bridgehead atoms. The molecule has 1 aliphatic carbocycles. The van der Waals surface area contributed by atoms with Gasteiger partial charge in [0.1, 0.15) is 0 Å². The Bertz CT molecular complexity index is 534. The van der Waals surface area contributed by atoms with Gasteiger partial charge in [0.2, 0.25) is 5.89 Å². The largest absolute Gasteiger partial charge is 0.388 e. The van der Waals surface area contributed by atoms with E-state index in [2.05, 4.69) is 10.1 Å². The SMILES string of the molecule is CC(c1nc(C2CCC2)no1)C(O)c1ccccc1. The number of aliphatic hydroxyl groups excluding tert-OH is 1. The molecule has 1 aliphatic rings. The van der Waals surface area contributed by atoms with Crippen LogP contribution in [-0.2, 0) is 0 Å². The van der Waals surface area contributed by atoms with E-state index in [9.17, 15) is 5.11 Å². The van der Waals surface area contributed by atoms with Crippen molar-refractivity contribution in [1.82, 2.24) is 10.1 Å². The van der Waals surface area contributed by atoms with Crippen LogP contribution in [0.3, 0.4) is 0 Å². The monoisotopic (exact) mass is 258 g/mol. The average molecular weight is 258 g/mol. The van der Waals surface area contributed by atoms with Gasteiger partial charge in [0.15, 0.2) is 5.82 Å². The van der Waals surface area contributed by atoms with E-state index in [1.165, 1.54) is 6.42 Å². The van der Waals surface area contributed by atoms with Crippen LogP contribution in [0.5, 0.6) is 0 Å². The van der Waals surface area contributed by atoms with E-state index in [4.69, 9.17) is 4.52 Å². The Morgan fingerprint density at radius 3 is 2.63 bits per heavy atom. The summed E-state index contributed by atoms with van der Waals surface area (Å²) in [6, 6.07) is 9.58. The van der Waals surface area contributed by atoms with Crippen molar-refractivity contribution in [1.29, 1.82) is 0 Å². The number of hydrogen-bond donors (Lipinski definition) is 1. The van der Waals surface area contributed by atoms with Crippen LogP contribution in [0.25, 0.3) is 0 Å². The van der Waals surface area contributed by atoms with Gasteiger partial charge in [-0.3, -0.25) is 0 Å². The van der Waals surface area contributed by atoms with Crippen molar-refractivity contribution < 1.29 is 9.63 Å². The third-order valence-corrected chi connectivity index (χ3v) is 3.93. The zero-order valence-electron chi connectivity index (χ0n) is 11.0. The summed E-state index contributed by atoms with van der Waals surface area (Å²) in [6.07, 6.45) is 2.93. The molecule has 0 amide bonds. The van der Waals surface area contributed by atoms with Gasteiger partial charge < -0.3 is 9.63 Å². The maximum absolute atomic E-state index is 10.3. The first-order chi connectivity index (χ1) is 9.25. The van der Waals surface area contributed by atoms with Gasteiger partial charge in [0.05, 0.1) is 12.0 Å². The lowest BCUT2D eigenvalue weighted by atomic mass is 9.85.